The third kappa shape index (κ3) is 5.59. The Hall–Kier alpha value is -3.30. The summed E-state index contributed by atoms with van der Waals surface area (Å²) in [4.78, 5) is 40.1. The van der Waals surface area contributed by atoms with Crippen LogP contribution in [0.3, 0.4) is 0 Å². The summed E-state index contributed by atoms with van der Waals surface area (Å²) in [5.74, 6) is -2.27. The van der Waals surface area contributed by atoms with E-state index < -0.39 is 23.5 Å². The van der Waals surface area contributed by atoms with Gasteiger partial charge in [0, 0.05) is 16.0 Å². The summed E-state index contributed by atoms with van der Waals surface area (Å²) in [6.45, 7) is 0. The lowest BCUT2D eigenvalue weighted by atomic mass is 10.2. The van der Waals surface area contributed by atoms with Crippen molar-refractivity contribution in [3.63, 3.8) is 0 Å². The van der Waals surface area contributed by atoms with E-state index in [1.165, 1.54) is 30.3 Å². The SMILES string of the molecule is O=C(Cc1csc(NC(=O)c2ccccc2F)n1)NNC(=O)c1ccc(Cl)cc1. The summed E-state index contributed by atoms with van der Waals surface area (Å²) in [6.07, 6.45) is -0.118. The molecule has 3 rings (SSSR count). The van der Waals surface area contributed by atoms with E-state index in [2.05, 4.69) is 21.2 Å². The Morgan fingerprint density at radius 3 is 2.45 bits per heavy atom. The van der Waals surface area contributed by atoms with E-state index in [9.17, 15) is 18.8 Å². The molecular formula is C19H14ClFN4O3S. The predicted octanol–water partition coefficient (Wildman–Crippen LogP) is 3.19. The summed E-state index contributed by atoms with van der Waals surface area (Å²) in [7, 11) is 0. The summed E-state index contributed by atoms with van der Waals surface area (Å²) in [6, 6.07) is 11.7. The first-order valence-corrected chi connectivity index (χ1v) is 9.53. The second kappa shape index (κ2) is 9.26. The summed E-state index contributed by atoms with van der Waals surface area (Å²) >= 11 is 6.86. The molecule has 29 heavy (non-hydrogen) atoms. The number of carbonyl (C=O) groups is 3. The fourth-order valence-electron chi connectivity index (χ4n) is 2.26. The lowest BCUT2D eigenvalue weighted by molar-refractivity contribution is -0.121. The largest absolute Gasteiger partial charge is 0.298 e. The van der Waals surface area contributed by atoms with E-state index in [-0.39, 0.29) is 17.1 Å². The highest BCUT2D eigenvalue weighted by Gasteiger charge is 2.14. The van der Waals surface area contributed by atoms with Gasteiger partial charge in [-0.2, -0.15) is 0 Å². The van der Waals surface area contributed by atoms with Crippen molar-refractivity contribution in [3.05, 3.63) is 81.6 Å². The van der Waals surface area contributed by atoms with E-state index in [0.717, 1.165) is 11.3 Å². The lowest BCUT2D eigenvalue weighted by Gasteiger charge is -2.06. The smallest absolute Gasteiger partial charge is 0.269 e. The Balaban J connectivity index is 1.51. The average Bonchev–Trinajstić information content (AvgIpc) is 3.13. The maximum Gasteiger partial charge on any atom is 0.269 e. The van der Waals surface area contributed by atoms with Crippen molar-refractivity contribution in [2.45, 2.75) is 6.42 Å². The van der Waals surface area contributed by atoms with E-state index in [1.54, 1.807) is 23.6 Å². The van der Waals surface area contributed by atoms with Gasteiger partial charge in [-0.1, -0.05) is 23.7 Å². The first-order valence-electron chi connectivity index (χ1n) is 8.27. The normalized spacial score (nSPS) is 10.3. The highest BCUT2D eigenvalue weighted by Crippen LogP contribution is 2.18. The van der Waals surface area contributed by atoms with E-state index in [1.807, 2.05) is 0 Å². The number of rotatable bonds is 5. The van der Waals surface area contributed by atoms with Crippen molar-refractivity contribution in [1.29, 1.82) is 0 Å². The molecular weight excluding hydrogens is 419 g/mol. The molecule has 0 unspecified atom stereocenters. The van der Waals surface area contributed by atoms with Crippen LogP contribution in [-0.4, -0.2) is 22.7 Å². The zero-order valence-electron chi connectivity index (χ0n) is 14.7. The third-order valence-corrected chi connectivity index (χ3v) is 4.71. The topological polar surface area (TPSA) is 100 Å². The molecule has 0 aliphatic carbocycles. The van der Waals surface area contributed by atoms with Gasteiger partial charge >= 0.3 is 0 Å². The van der Waals surface area contributed by atoms with Gasteiger partial charge in [-0.15, -0.1) is 11.3 Å². The number of aromatic nitrogens is 1. The van der Waals surface area contributed by atoms with Gasteiger partial charge in [-0.05, 0) is 36.4 Å². The van der Waals surface area contributed by atoms with Gasteiger partial charge in [-0.3, -0.25) is 30.6 Å². The quantitative estimate of drug-likeness (QED) is 0.539. The third-order valence-electron chi connectivity index (χ3n) is 3.65. The van der Waals surface area contributed by atoms with Crippen LogP contribution < -0.4 is 16.2 Å². The number of carbonyl (C=O) groups excluding carboxylic acids is 3. The predicted molar refractivity (Wildman–Crippen MR) is 107 cm³/mol. The Morgan fingerprint density at radius 2 is 1.72 bits per heavy atom. The number of amides is 3. The first-order chi connectivity index (χ1) is 13.9. The molecule has 1 aromatic heterocycles. The molecule has 0 saturated heterocycles. The van der Waals surface area contributed by atoms with Crippen LogP contribution in [0.4, 0.5) is 9.52 Å². The monoisotopic (exact) mass is 432 g/mol. The molecule has 0 fully saturated rings. The van der Waals surface area contributed by atoms with Crippen LogP contribution in [0.15, 0.2) is 53.9 Å². The van der Waals surface area contributed by atoms with Gasteiger partial charge in [0.15, 0.2) is 5.13 Å². The van der Waals surface area contributed by atoms with Crippen molar-refractivity contribution >= 4 is 45.8 Å². The second-order valence-electron chi connectivity index (χ2n) is 5.76. The number of nitrogens with zero attached hydrogens (tertiary/aromatic N) is 1. The minimum absolute atomic E-state index is 0.105. The summed E-state index contributed by atoms with van der Waals surface area (Å²) in [5.41, 5.74) is 5.19. The minimum Gasteiger partial charge on any atom is -0.298 e. The van der Waals surface area contributed by atoms with E-state index in [4.69, 9.17) is 11.6 Å². The minimum atomic E-state index is -0.641. The maximum absolute atomic E-state index is 13.6. The van der Waals surface area contributed by atoms with Crippen molar-refractivity contribution in [2.75, 3.05) is 5.32 Å². The molecule has 7 nitrogen and oxygen atoms in total. The van der Waals surface area contributed by atoms with Crippen LogP contribution >= 0.6 is 22.9 Å². The van der Waals surface area contributed by atoms with Crippen molar-refractivity contribution < 1.29 is 18.8 Å². The highest BCUT2D eigenvalue weighted by molar-refractivity contribution is 7.14. The van der Waals surface area contributed by atoms with Crippen LogP contribution in [0, 0.1) is 5.82 Å². The lowest BCUT2D eigenvalue weighted by Crippen LogP contribution is -2.42. The molecule has 0 radical (unpaired) electrons. The van der Waals surface area contributed by atoms with E-state index in [0.29, 0.717) is 16.3 Å². The van der Waals surface area contributed by atoms with Gasteiger partial charge < -0.3 is 0 Å². The van der Waals surface area contributed by atoms with Gasteiger partial charge in [0.1, 0.15) is 5.82 Å². The van der Waals surface area contributed by atoms with Crippen LogP contribution in [-0.2, 0) is 11.2 Å². The fraction of sp³-hybridized carbons (Fsp3) is 0.0526. The molecule has 0 aliphatic heterocycles. The number of nitrogens with one attached hydrogen (secondary N) is 3. The first kappa shape index (κ1) is 20.4. The van der Waals surface area contributed by atoms with Crippen molar-refractivity contribution in [1.82, 2.24) is 15.8 Å². The standard InChI is InChI=1S/C19H14ClFN4O3S/c20-12-7-5-11(6-8-12)17(27)25-24-16(26)9-13-10-29-19(22-13)23-18(28)14-3-1-2-4-15(14)21/h1-8,10H,9H2,(H,24,26)(H,25,27)(H,22,23,28). The zero-order chi connectivity index (χ0) is 20.8. The maximum atomic E-state index is 13.6. The zero-order valence-corrected chi connectivity index (χ0v) is 16.3. The molecule has 3 N–H and O–H groups in total. The van der Waals surface area contributed by atoms with Crippen molar-refractivity contribution in [3.8, 4) is 0 Å². The van der Waals surface area contributed by atoms with Crippen LogP contribution in [0.1, 0.15) is 26.4 Å². The molecule has 10 heteroatoms. The molecule has 1 heterocycles. The van der Waals surface area contributed by atoms with Gasteiger partial charge in [0.05, 0.1) is 17.7 Å². The van der Waals surface area contributed by atoms with Crippen molar-refractivity contribution in [2.24, 2.45) is 0 Å². The van der Waals surface area contributed by atoms with Crippen LogP contribution in [0.2, 0.25) is 5.02 Å². The van der Waals surface area contributed by atoms with E-state index >= 15 is 0 Å². The Morgan fingerprint density at radius 1 is 1.00 bits per heavy atom. The number of thiazole rings is 1. The molecule has 3 aromatic rings. The van der Waals surface area contributed by atoms with Gasteiger partial charge in [-0.25, -0.2) is 9.37 Å². The second-order valence-corrected chi connectivity index (χ2v) is 7.06. The number of benzene rings is 2. The van der Waals surface area contributed by atoms with Gasteiger partial charge in [0.2, 0.25) is 5.91 Å². The number of anilines is 1. The molecule has 3 amide bonds. The molecule has 2 aromatic carbocycles. The molecule has 0 saturated carbocycles. The molecule has 148 valence electrons. The van der Waals surface area contributed by atoms with Gasteiger partial charge in [0.25, 0.3) is 11.8 Å². The number of hydrogen-bond donors (Lipinski definition) is 3. The molecule has 0 atom stereocenters. The molecule has 0 aliphatic rings. The summed E-state index contributed by atoms with van der Waals surface area (Å²) in [5, 5.41) is 4.79. The number of halogens is 2. The Kier molecular flexibility index (Phi) is 6.53. The summed E-state index contributed by atoms with van der Waals surface area (Å²) < 4.78 is 13.6. The van der Waals surface area contributed by atoms with Crippen LogP contribution in [0.25, 0.3) is 0 Å². The number of hydrogen-bond acceptors (Lipinski definition) is 5. The molecule has 0 bridgehead atoms. The van der Waals surface area contributed by atoms with Crippen LogP contribution in [0.5, 0.6) is 0 Å². The highest BCUT2D eigenvalue weighted by atomic mass is 35.5. The molecule has 0 spiro atoms. The number of hydrazine groups is 1. The Bertz CT molecular complexity index is 1060. The average molecular weight is 433 g/mol. The fourth-order valence-corrected chi connectivity index (χ4v) is 3.10. The Labute approximate surface area is 173 Å².